The second kappa shape index (κ2) is 6.35. The summed E-state index contributed by atoms with van der Waals surface area (Å²) in [5, 5.41) is 2.58. The van der Waals surface area contributed by atoms with E-state index in [0.29, 0.717) is 0 Å². The Kier molecular flexibility index (Phi) is 4.79. The molecule has 3 N–H and O–H groups in total. The van der Waals surface area contributed by atoms with Gasteiger partial charge in [0.05, 0.1) is 44.6 Å². The minimum absolute atomic E-state index is 0.819. The van der Waals surface area contributed by atoms with Crippen LogP contribution in [0.25, 0.3) is 0 Å². The quantitative estimate of drug-likeness (QED) is 0.754. The van der Waals surface area contributed by atoms with E-state index in [9.17, 15) is 0 Å². The summed E-state index contributed by atoms with van der Waals surface area (Å²) in [5.41, 5.74) is 1.47. The molecular weight excluding hydrogens is 220 g/mol. The summed E-state index contributed by atoms with van der Waals surface area (Å²) in [6, 6.07) is 12.5. The first-order valence-corrected chi connectivity index (χ1v) is 7.36. The van der Waals surface area contributed by atoms with E-state index < -0.39 is 0 Å². The van der Waals surface area contributed by atoms with Gasteiger partial charge in [0.15, 0.2) is 0 Å². The number of likely N-dealkylation sites (tertiary alicyclic amines) is 1. The number of nitrogens with two attached hydrogens (primary N) is 1. The average Bonchev–Trinajstić information content (AvgIpc) is 2.37. The molecule has 1 aliphatic heterocycles. The maximum Gasteiger partial charge on any atom is 0.0996 e. The van der Waals surface area contributed by atoms with E-state index in [1.165, 1.54) is 31.5 Å². The van der Waals surface area contributed by atoms with Crippen LogP contribution in [-0.4, -0.2) is 32.2 Å². The van der Waals surface area contributed by atoms with E-state index in [1.54, 1.807) is 4.90 Å². The van der Waals surface area contributed by atoms with Crippen LogP contribution in [0.3, 0.4) is 0 Å². The number of rotatable bonds is 4. The highest BCUT2D eigenvalue weighted by Crippen LogP contribution is 2.07. The third kappa shape index (κ3) is 3.56. The highest BCUT2D eigenvalue weighted by atomic mass is 15.2. The summed E-state index contributed by atoms with van der Waals surface area (Å²) in [6.07, 6.45) is 2.56. The van der Waals surface area contributed by atoms with E-state index in [2.05, 4.69) is 56.5 Å². The lowest BCUT2D eigenvalue weighted by Crippen LogP contribution is -3.16. The Bertz CT molecular complexity index is 349. The molecule has 4 atom stereocenters. The molecule has 2 nitrogen and oxygen atoms in total. The van der Waals surface area contributed by atoms with Crippen molar-refractivity contribution in [3.8, 4) is 0 Å². The van der Waals surface area contributed by atoms with Crippen molar-refractivity contribution < 1.29 is 10.2 Å². The average molecular weight is 248 g/mol. The lowest BCUT2D eigenvalue weighted by Gasteiger charge is -2.35. The highest BCUT2D eigenvalue weighted by Gasteiger charge is 2.33. The molecule has 1 aromatic carbocycles. The minimum Gasteiger partial charge on any atom is -0.343 e. The Balaban J connectivity index is 1.76. The first-order valence-electron chi connectivity index (χ1n) is 7.36. The summed E-state index contributed by atoms with van der Waals surface area (Å²) < 4.78 is 0. The standard InChI is InChI=1S/C16H26N2/c1-13-12-18(3)14(2)11-16(13)17-10-9-15-7-5-4-6-8-15/h4-8,13-14,16-17H,9-12H2,1-3H3/p+2/t13-,14+,16-/m1/s1. The molecule has 1 saturated heterocycles. The summed E-state index contributed by atoms with van der Waals surface area (Å²) in [4.78, 5) is 1.70. The number of quaternary nitrogens is 2. The highest BCUT2D eigenvalue weighted by molar-refractivity contribution is 5.14. The number of hydrogen-bond donors (Lipinski definition) is 2. The van der Waals surface area contributed by atoms with Crippen molar-refractivity contribution in [2.24, 2.45) is 5.92 Å². The van der Waals surface area contributed by atoms with Crippen molar-refractivity contribution in [3.63, 3.8) is 0 Å². The molecule has 100 valence electrons. The zero-order chi connectivity index (χ0) is 13.0. The maximum atomic E-state index is 2.58. The molecule has 1 unspecified atom stereocenters. The molecule has 1 fully saturated rings. The zero-order valence-electron chi connectivity index (χ0n) is 12.0. The summed E-state index contributed by atoms with van der Waals surface area (Å²) in [7, 11) is 2.33. The molecule has 0 radical (unpaired) electrons. The Hall–Kier alpha value is -0.860. The lowest BCUT2D eigenvalue weighted by molar-refractivity contribution is -0.922. The molecule has 1 aromatic rings. The fourth-order valence-corrected chi connectivity index (χ4v) is 3.14. The third-order valence-corrected chi connectivity index (χ3v) is 4.59. The zero-order valence-corrected chi connectivity index (χ0v) is 12.0. The van der Waals surface area contributed by atoms with Crippen LogP contribution in [0.4, 0.5) is 0 Å². The molecule has 18 heavy (non-hydrogen) atoms. The van der Waals surface area contributed by atoms with Crippen LogP contribution >= 0.6 is 0 Å². The summed E-state index contributed by atoms with van der Waals surface area (Å²) in [5.74, 6) is 0.844. The molecular formula is C16H28N2+2. The lowest BCUT2D eigenvalue weighted by atomic mass is 9.90. The number of hydrogen-bond acceptors (Lipinski definition) is 0. The van der Waals surface area contributed by atoms with Gasteiger partial charge in [0.2, 0.25) is 0 Å². The Labute approximate surface area is 111 Å². The summed E-state index contributed by atoms with van der Waals surface area (Å²) in [6.45, 7) is 7.36. The van der Waals surface area contributed by atoms with Gasteiger partial charge in [-0.2, -0.15) is 0 Å². The Morgan fingerprint density at radius 1 is 1.22 bits per heavy atom. The smallest absolute Gasteiger partial charge is 0.0996 e. The largest absolute Gasteiger partial charge is 0.343 e. The predicted octanol–water partition coefficient (Wildman–Crippen LogP) is 0.104. The number of piperidine rings is 1. The van der Waals surface area contributed by atoms with Crippen LogP contribution < -0.4 is 10.2 Å². The second-order valence-electron chi connectivity index (χ2n) is 6.09. The fraction of sp³-hybridized carbons (Fsp3) is 0.625. The van der Waals surface area contributed by atoms with Crippen LogP contribution in [0.1, 0.15) is 25.8 Å². The molecule has 2 rings (SSSR count). The predicted molar refractivity (Wildman–Crippen MR) is 75.7 cm³/mol. The molecule has 0 bridgehead atoms. The fourth-order valence-electron chi connectivity index (χ4n) is 3.14. The monoisotopic (exact) mass is 248 g/mol. The molecule has 0 aromatic heterocycles. The van der Waals surface area contributed by atoms with Gasteiger partial charge in [0, 0.05) is 6.42 Å². The molecule has 2 heteroatoms. The van der Waals surface area contributed by atoms with E-state index in [-0.39, 0.29) is 0 Å². The van der Waals surface area contributed by atoms with Crippen LogP contribution in [0, 0.1) is 5.92 Å². The molecule has 1 aliphatic rings. The van der Waals surface area contributed by atoms with Gasteiger partial charge in [0.25, 0.3) is 0 Å². The van der Waals surface area contributed by atoms with Crippen LogP contribution in [0.2, 0.25) is 0 Å². The molecule has 1 heterocycles. The summed E-state index contributed by atoms with van der Waals surface area (Å²) >= 11 is 0. The van der Waals surface area contributed by atoms with Gasteiger partial charge in [-0.1, -0.05) is 37.3 Å². The van der Waals surface area contributed by atoms with Gasteiger partial charge < -0.3 is 10.2 Å². The van der Waals surface area contributed by atoms with Gasteiger partial charge in [-0.05, 0) is 12.5 Å². The Morgan fingerprint density at radius 2 is 1.94 bits per heavy atom. The van der Waals surface area contributed by atoms with E-state index >= 15 is 0 Å². The van der Waals surface area contributed by atoms with Gasteiger partial charge in [-0.25, -0.2) is 0 Å². The first kappa shape index (κ1) is 13.6. The van der Waals surface area contributed by atoms with Crippen LogP contribution in [-0.2, 0) is 6.42 Å². The minimum atomic E-state index is 0.819. The molecule has 0 aliphatic carbocycles. The van der Waals surface area contributed by atoms with Gasteiger partial charge in [-0.3, -0.25) is 0 Å². The Morgan fingerprint density at radius 3 is 2.67 bits per heavy atom. The third-order valence-electron chi connectivity index (χ3n) is 4.59. The van der Waals surface area contributed by atoms with E-state index in [0.717, 1.165) is 18.0 Å². The van der Waals surface area contributed by atoms with Crippen LogP contribution in [0.5, 0.6) is 0 Å². The van der Waals surface area contributed by atoms with E-state index in [1.807, 2.05) is 0 Å². The van der Waals surface area contributed by atoms with Crippen molar-refractivity contribution in [1.82, 2.24) is 0 Å². The van der Waals surface area contributed by atoms with Gasteiger partial charge in [-0.15, -0.1) is 0 Å². The second-order valence-corrected chi connectivity index (χ2v) is 6.09. The maximum absolute atomic E-state index is 2.58. The normalized spacial score (nSPS) is 32.4. The van der Waals surface area contributed by atoms with Crippen LogP contribution in [0.15, 0.2) is 30.3 Å². The van der Waals surface area contributed by atoms with Gasteiger partial charge >= 0.3 is 0 Å². The SMILES string of the molecule is C[C@@H]1C[NH+](C)[C@@H](C)C[C@H]1[NH2+]CCc1ccccc1. The topological polar surface area (TPSA) is 21.1 Å². The molecule has 0 amide bonds. The van der Waals surface area contributed by atoms with Crippen molar-refractivity contribution in [2.75, 3.05) is 20.1 Å². The molecule has 0 spiro atoms. The van der Waals surface area contributed by atoms with E-state index in [4.69, 9.17) is 0 Å². The number of benzene rings is 1. The van der Waals surface area contributed by atoms with Crippen molar-refractivity contribution >= 4 is 0 Å². The van der Waals surface area contributed by atoms with Crippen molar-refractivity contribution in [3.05, 3.63) is 35.9 Å². The number of nitrogens with one attached hydrogen (secondary N) is 1. The van der Waals surface area contributed by atoms with Crippen molar-refractivity contribution in [2.45, 2.75) is 38.8 Å². The molecule has 0 saturated carbocycles. The first-order chi connectivity index (χ1) is 8.66. The van der Waals surface area contributed by atoms with Gasteiger partial charge in [0.1, 0.15) is 0 Å². The van der Waals surface area contributed by atoms with Crippen molar-refractivity contribution in [1.29, 1.82) is 0 Å².